The highest BCUT2D eigenvalue weighted by molar-refractivity contribution is 7.17. The van der Waals surface area contributed by atoms with Crippen molar-refractivity contribution in [1.29, 1.82) is 0 Å². The van der Waals surface area contributed by atoms with E-state index in [2.05, 4.69) is 15.5 Å². The Morgan fingerprint density at radius 1 is 1.15 bits per heavy atom. The van der Waals surface area contributed by atoms with Gasteiger partial charge in [-0.3, -0.25) is 14.2 Å². The molecule has 2 N–H and O–H groups in total. The zero-order chi connectivity index (χ0) is 23.7. The first-order chi connectivity index (χ1) is 16.5. The maximum Gasteiger partial charge on any atom is 0.263 e. The number of amides is 1. The molecule has 0 radical (unpaired) electrons. The van der Waals surface area contributed by atoms with Crippen LogP contribution in [0.2, 0.25) is 0 Å². The summed E-state index contributed by atoms with van der Waals surface area (Å²) in [6.07, 6.45) is 2.77. The quantitative estimate of drug-likeness (QED) is 0.294. The van der Waals surface area contributed by atoms with Gasteiger partial charge in [-0.25, -0.2) is 10.4 Å². The van der Waals surface area contributed by atoms with Crippen LogP contribution in [0.4, 0.5) is 0 Å². The Labute approximate surface area is 198 Å². The van der Waals surface area contributed by atoms with Crippen LogP contribution in [0.5, 0.6) is 5.75 Å². The Morgan fingerprint density at radius 2 is 1.94 bits per heavy atom. The fourth-order valence-electron chi connectivity index (χ4n) is 3.80. The third-order valence-electron chi connectivity index (χ3n) is 5.57. The molecule has 7 nitrogen and oxygen atoms in total. The third kappa shape index (κ3) is 4.06. The number of benzene rings is 3. The summed E-state index contributed by atoms with van der Waals surface area (Å²) in [5.74, 6) is -0.421. The van der Waals surface area contributed by atoms with Crippen LogP contribution in [-0.2, 0) is 11.3 Å². The molecule has 0 unspecified atom stereocenters. The van der Waals surface area contributed by atoms with Crippen molar-refractivity contribution in [3.63, 3.8) is 0 Å². The molecule has 0 bridgehead atoms. The molecule has 0 aliphatic rings. The topological polar surface area (TPSA) is 96.6 Å². The fourth-order valence-corrected chi connectivity index (χ4v) is 4.71. The average Bonchev–Trinajstić information content (AvgIpc) is 3.28. The summed E-state index contributed by atoms with van der Waals surface area (Å²) in [7, 11) is 0. The number of aromatic nitrogens is 2. The lowest BCUT2D eigenvalue weighted by molar-refractivity contribution is -0.121. The van der Waals surface area contributed by atoms with Crippen LogP contribution in [0.1, 0.15) is 11.1 Å². The number of nitrogens with zero attached hydrogens (tertiary/aromatic N) is 3. The lowest BCUT2D eigenvalue weighted by atomic mass is 10.0. The van der Waals surface area contributed by atoms with Gasteiger partial charge in [0.2, 0.25) is 0 Å². The maximum absolute atomic E-state index is 13.2. The second-order valence-corrected chi connectivity index (χ2v) is 8.74. The first-order valence-electron chi connectivity index (χ1n) is 10.6. The normalized spacial score (nSPS) is 11.4. The van der Waals surface area contributed by atoms with E-state index in [9.17, 15) is 14.7 Å². The summed E-state index contributed by atoms with van der Waals surface area (Å²) in [4.78, 5) is 30.6. The van der Waals surface area contributed by atoms with Crippen LogP contribution in [-0.4, -0.2) is 26.8 Å². The summed E-state index contributed by atoms with van der Waals surface area (Å²) in [6, 6.07) is 18.9. The number of phenolic OH excluding ortho intramolecular Hbond substituents is 1. The van der Waals surface area contributed by atoms with E-state index in [0.29, 0.717) is 15.8 Å². The van der Waals surface area contributed by atoms with Gasteiger partial charge in [-0.1, -0.05) is 60.2 Å². The maximum atomic E-state index is 13.2. The van der Waals surface area contributed by atoms with Crippen LogP contribution >= 0.6 is 11.3 Å². The predicted octanol–water partition coefficient (Wildman–Crippen LogP) is 4.44. The number of carbonyl (C=O) groups is 1. The molecular weight excluding hydrogens is 448 g/mol. The Balaban J connectivity index is 1.38. The van der Waals surface area contributed by atoms with Crippen molar-refractivity contribution >= 4 is 44.4 Å². The summed E-state index contributed by atoms with van der Waals surface area (Å²) in [6.45, 7) is 1.77. The Morgan fingerprint density at radius 3 is 2.76 bits per heavy atom. The van der Waals surface area contributed by atoms with E-state index in [4.69, 9.17) is 0 Å². The van der Waals surface area contributed by atoms with Gasteiger partial charge in [0.05, 0.1) is 17.9 Å². The number of fused-ring (bicyclic) bond motifs is 2. The van der Waals surface area contributed by atoms with E-state index >= 15 is 0 Å². The summed E-state index contributed by atoms with van der Waals surface area (Å²) < 4.78 is 1.27. The van der Waals surface area contributed by atoms with Crippen molar-refractivity contribution in [3.05, 3.63) is 93.9 Å². The molecule has 2 aromatic heterocycles. The van der Waals surface area contributed by atoms with Crippen LogP contribution in [0.3, 0.4) is 0 Å². The monoisotopic (exact) mass is 468 g/mol. The molecule has 0 aliphatic carbocycles. The smallest absolute Gasteiger partial charge is 0.263 e. The highest BCUT2D eigenvalue weighted by atomic mass is 32.1. The second-order valence-electron chi connectivity index (χ2n) is 7.89. The van der Waals surface area contributed by atoms with E-state index in [-0.39, 0.29) is 17.9 Å². The van der Waals surface area contributed by atoms with Gasteiger partial charge in [0.25, 0.3) is 11.5 Å². The van der Waals surface area contributed by atoms with Crippen molar-refractivity contribution in [2.45, 2.75) is 13.5 Å². The minimum absolute atomic E-state index is 0.0589. The molecule has 0 saturated heterocycles. The van der Waals surface area contributed by atoms with Gasteiger partial charge in [0.15, 0.2) is 0 Å². The molecular formula is C26H20N4O3S. The largest absolute Gasteiger partial charge is 0.507 e. The second kappa shape index (κ2) is 8.92. The van der Waals surface area contributed by atoms with Crippen molar-refractivity contribution in [2.24, 2.45) is 5.10 Å². The van der Waals surface area contributed by atoms with Crippen molar-refractivity contribution in [3.8, 4) is 16.9 Å². The Kier molecular flexibility index (Phi) is 5.65. The van der Waals surface area contributed by atoms with Gasteiger partial charge in [-0.05, 0) is 29.3 Å². The minimum Gasteiger partial charge on any atom is -0.507 e. The number of thiophene rings is 1. The van der Waals surface area contributed by atoms with E-state index < -0.39 is 5.91 Å². The number of nitrogens with one attached hydrogen (secondary N) is 1. The van der Waals surface area contributed by atoms with Crippen LogP contribution in [0, 0.1) is 6.92 Å². The average molecular weight is 469 g/mol. The summed E-state index contributed by atoms with van der Waals surface area (Å²) in [5, 5.41) is 18.4. The molecule has 0 saturated carbocycles. The predicted molar refractivity (Wildman–Crippen MR) is 135 cm³/mol. The van der Waals surface area contributed by atoms with Crippen LogP contribution in [0.15, 0.2) is 82.3 Å². The number of phenols is 1. The number of rotatable bonds is 5. The molecule has 3 aromatic carbocycles. The number of carbonyl (C=O) groups excluding carboxylic acids is 1. The van der Waals surface area contributed by atoms with Crippen LogP contribution in [0.25, 0.3) is 32.1 Å². The molecule has 2 heterocycles. The molecule has 8 heteroatoms. The van der Waals surface area contributed by atoms with E-state index in [0.717, 1.165) is 27.5 Å². The number of hydrogen-bond donors (Lipinski definition) is 2. The minimum atomic E-state index is -0.480. The standard InChI is InChI=1S/C26H20N4O3S/c1-16-6-8-18(9-7-16)21-14-34-25-24(21)26(33)30(15-27-25)13-23(32)29-28-12-20-19-5-3-2-4-17(19)10-11-22(20)31/h2-12,14-15,31H,13H2,1H3,(H,29,32)/b28-12-. The van der Waals surface area contributed by atoms with Gasteiger partial charge in [-0.15, -0.1) is 11.3 Å². The number of hydrazone groups is 1. The van der Waals surface area contributed by atoms with Crippen molar-refractivity contribution in [1.82, 2.24) is 15.0 Å². The molecule has 5 rings (SSSR count). The number of hydrogen-bond acceptors (Lipinski definition) is 6. The van der Waals surface area contributed by atoms with Gasteiger partial charge in [0.1, 0.15) is 17.1 Å². The Hall–Kier alpha value is -4.30. The highest BCUT2D eigenvalue weighted by Gasteiger charge is 2.14. The molecule has 0 fully saturated rings. The van der Waals surface area contributed by atoms with Gasteiger partial charge in [0, 0.05) is 16.5 Å². The molecule has 168 valence electrons. The van der Waals surface area contributed by atoms with E-state index in [1.807, 2.05) is 66.9 Å². The molecule has 34 heavy (non-hydrogen) atoms. The van der Waals surface area contributed by atoms with Gasteiger partial charge in [-0.2, -0.15) is 5.10 Å². The van der Waals surface area contributed by atoms with Gasteiger partial charge < -0.3 is 5.11 Å². The summed E-state index contributed by atoms with van der Waals surface area (Å²) >= 11 is 1.40. The Bertz CT molecular complexity index is 1620. The molecule has 0 spiro atoms. The zero-order valence-electron chi connectivity index (χ0n) is 18.2. The third-order valence-corrected chi connectivity index (χ3v) is 6.45. The highest BCUT2D eigenvalue weighted by Crippen LogP contribution is 2.30. The molecule has 0 atom stereocenters. The first-order valence-corrected chi connectivity index (χ1v) is 11.5. The zero-order valence-corrected chi connectivity index (χ0v) is 19.0. The first kappa shape index (κ1) is 21.5. The lowest BCUT2D eigenvalue weighted by Crippen LogP contribution is -2.30. The number of aryl methyl sites for hydroxylation is 1. The molecule has 0 aliphatic heterocycles. The van der Waals surface area contributed by atoms with E-state index in [1.54, 1.807) is 6.07 Å². The van der Waals surface area contributed by atoms with E-state index in [1.165, 1.54) is 28.4 Å². The number of aromatic hydroxyl groups is 1. The van der Waals surface area contributed by atoms with Crippen molar-refractivity contribution < 1.29 is 9.90 Å². The molecule has 5 aromatic rings. The van der Waals surface area contributed by atoms with Crippen LogP contribution < -0.4 is 11.0 Å². The fraction of sp³-hybridized carbons (Fsp3) is 0.0769. The SMILES string of the molecule is Cc1ccc(-c2csc3ncn(CC(=O)N/N=C\c4c(O)ccc5ccccc45)c(=O)c23)cc1. The summed E-state index contributed by atoms with van der Waals surface area (Å²) in [5.41, 5.74) is 5.51. The molecule has 1 amide bonds. The lowest BCUT2D eigenvalue weighted by Gasteiger charge is -2.06. The van der Waals surface area contributed by atoms with Crippen molar-refractivity contribution in [2.75, 3.05) is 0 Å². The van der Waals surface area contributed by atoms with Gasteiger partial charge >= 0.3 is 0 Å².